The van der Waals surface area contributed by atoms with E-state index in [9.17, 15) is 0 Å². The van der Waals surface area contributed by atoms with Gasteiger partial charge in [0.2, 0.25) is 0 Å². The van der Waals surface area contributed by atoms with Gasteiger partial charge in [-0.05, 0) is 64.1 Å². The number of aliphatic imine (C=N–C) groups is 1. The Balaban J connectivity index is 1.17. The van der Waals surface area contributed by atoms with Crippen LogP contribution in [0, 0.1) is 10.8 Å². The van der Waals surface area contributed by atoms with Crippen molar-refractivity contribution in [2.24, 2.45) is 4.99 Å². The van der Waals surface area contributed by atoms with Gasteiger partial charge in [0.15, 0.2) is 5.84 Å². The van der Waals surface area contributed by atoms with E-state index in [1.54, 1.807) is 24.4 Å². The number of amidine groups is 1. The van der Waals surface area contributed by atoms with Crippen molar-refractivity contribution < 1.29 is 0 Å². The maximum Gasteiger partial charge on any atom is 0.151 e. The van der Waals surface area contributed by atoms with E-state index >= 15 is 0 Å². The van der Waals surface area contributed by atoms with Gasteiger partial charge in [-0.3, -0.25) is 10.4 Å². The Kier molecular flexibility index (Phi) is 10.7. The summed E-state index contributed by atoms with van der Waals surface area (Å²) >= 11 is 0. The van der Waals surface area contributed by atoms with Gasteiger partial charge < -0.3 is 5.41 Å². The predicted octanol–water partition coefficient (Wildman–Crippen LogP) is 11.4. The van der Waals surface area contributed by atoms with Crippen molar-refractivity contribution in [2.45, 2.75) is 12.3 Å². The van der Waals surface area contributed by atoms with Gasteiger partial charge in [0.1, 0.15) is 0 Å². The highest BCUT2D eigenvalue weighted by atomic mass is 14.8. The van der Waals surface area contributed by atoms with Gasteiger partial charge in [0, 0.05) is 28.6 Å². The molecule has 5 aromatic rings. The molecule has 1 heterocycles. The molecule has 4 aromatic carbocycles. The van der Waals surface area contributed by atoms with E-state index in [1.165, 1.54) is 11.1 Å². The minimum Gasteiger partial charge on any atom is -0.300 e. The molecule has 2 N–H and O–H groups in total. The first-order valence-corrected chi connectivity index (χ1v) is 16.6. The molecule has 0 saturated heterocycles. The highest BCUT2D eigenvalue weighted by Gasteiger charge is 2.10. The molecule has 0 amide bonds. The zero-order chi connectivity index (χ0) is 34.7. The van der Waals surface area contributed by atoms with Crippen molar-refractivity contribution in [1.82, 2.24) is 4.98 Å². The highest BCUT2D eigenvalue weighted by Crippen LogP contribution is 2.25. The molecule has 1 atom stereocenters. The number of nitrogens with one attached hydrogen (secondary N) is 2. The lowest BCUT2D eigenvalue weighted by atomic mass is 9.91. The summed E-state index contributed by atoms with van der Waals surface area (Å²) in [6, 6.07) is 37.0. The third-order valence-electron chi connectivity index (χ3n) is 8.51. The van der Waals surface area contributed by atoms with Crippen LogP contribution in [0.2, 0.25) is 0 Å². The van der Waals surface area contributed by atoms with Crippen LogP contribution in [-0.4, -0.2) is 22.2 Å². The van der Waals surface area contributed by atoms with E-state index in [0.717, 1.165) is 39.6 Å². The number of pyridine rings is 1. The second kappa shape index (κ2) is 16.1. The maximum absolute atomic E-state index is 8.80. The highest BCUT2D eigenvalue weighted by molar-refractivity contribution is 6.18. The molecule has 0 spiro atoms. The molecular formula is C46H38N4. The molecule has 4 nitrogen and oxygen atoms in total. The van der Waals surface area contributed by atoms with Crippen molar-refractivity contribution >= 4 is 40.3 Å². The second-order valence-electron chi connectivity index (χ2n) is 12.0. The van der Waals surface area contributed by atoms with Gasteiger partial charge in [0.25, 0.3) is 0 Å². The van der Waals surface area contributed by atoms with Crippen LogP contribution in [0.4, 0.5) is 0 Å². The molecule has 0 saturated carbocycles. The molecule has 0 bridgehead atoms. The summed E-state index contributed by atoms with van der Waals surface area (Å²) in [5.74, 6) is 0.380. The minimum absolute atomic E-state index is 0.0308. The summed E-state index contributed by atoms with van der Waals surface area (Å²) in [6.07, 6.45) is 22.3. The summed E-state index contributed by atoms with van der Waals surface area (Å²) in [7, 11) is 0. The monoisotopic (exact) mass is 646 g/mol. The molecule has 50 heavy (non-hydrogen) atoms. The fourth-order valence-electron chi connectivity index (χ4n) is 5.56. The van der Waals surface area contributed by atoms with Gasteiger partial charge >= 0.3 is 0 Å². The Hall–Kier alpha value is -6.52. The lowest BCUT2D eigenvalue weighted by Crippen LogP contribution is -2.04. The summed E-state index contributed by atoms with van der Waals surface area (Å²) in [5, 5.41) is 18.4. The largest absolute Gasteiger partial charge is 0.300 e. The van der Waals surface area contributed by atoms with Crippen LogP contribution in [0.25, 0.3) is 34.2 Å². The van der Waals surface area contributed by atoms with Gasteiger partial charge in [-0.15, -0.1) is 0 Å². The first kappa shape index (κ1) is 33.4. The van der Waals surface area contributed by atoms with Crippen molar-refractivity contribution in [3.8, 4) is 11.1 Å². The van der Waals surface area contributed by atoms with Crippen LogP contribution in [0.15, 0.2) is 193 Å². The number of allylic oxidation sites excluding steroid dienone is 8. The fraction of sp³-hybridized carbons (Fsp3) is 0.0435. The Bertz CT molecular complexity index is 2230. The van der Waals surface area contributed by atoms with Gasteiger partial charge in [-0.2, -0.15) is 0 Å². The molecule has 1 aromatic heterocycles. The number of fused-ring (bicyclic) bond motifs is 1. The number of rotatable bonds is 11. The topological polar surface area (TPSA) is 73.0 Å². The Labute approximate surface area is 294 Å². The van der Waals surface area contributed by atoms with Crippen molar-refractivity contribution in [3.05, 3.63) is 211 Å². The lowest BCUT2D eigenvalue weighted by molar-refractivity contribution is 0.854. The van der Waals surface area contributed by atoms with E-state index in [0.29, 0.717) is 22.8 Å². The molecule has 1 aliphatic rings. The van der Waals surface area contributed by atoms with E-state index < -0.39 is 0 Å². The maximum atomic E-state index is 8.80. The normalized spacial score (nSPS) is 14.6. The van der Waals surface area contributed by atoms with Crippen LogP contribution in [0.3, 0.4) is 0 Å². The molecule has 6 rings (SSSR count). The predicted molar refractivity (Wildman–Crippen MR) is 213 cm³/mol. The smallest absolute Gasteiger partial charge is 0.151 e. The summed E-state index contributed by atoms with van der Waals surface area (Å²) < 4.78 is 0. The van der Waals surface area contributed by atoms with Crippen molar-refractivity contribution in [3.63, 3.8) is 0 Å². The first-order chi connectivity index (χ1) is 24.4. The third-order valence-corrected chi connectivity index (χ3v) is 8.51. The molecule has 1 aliphatic carbocycles. The first-order valence-electron chi connectivity index (χ1n) is 16.6. The molecule has 242 valence electrons. The SMILES string of the molecule is C=C(/C=C\C(=C)C(=N)N=C(/C=C/c1ccc(-c2ccccc2)cc1)c1ccc(C2C=CC=CC2)cc1)C(=N)/C=C\c1ccc2cccnc2c1. The second-order valence-corrected chi connectivity index (χ2v) is 12.0. The molecular weight excluding hydrogens is 609 g/mol. The summed E-state index contributed by atoms with van der Waals surface area (Å²) in [4.78, 5) is 9.13. The van der Waals surface area contributed by atoms with Crippen LogP contribution in [-0.2, 0) is 0 Å². The zero-order valence-corrected chi connectivity index (χ0v) is 27.8. The molecule has 0 fully saturated rings. The van der Waals surface area contributed by atoms with Gasteiger partial charge in [0.05, 0.1) is 16.9 Å². The van der Waals surface area contributed by atoms with Crippen LogP contribution in [0.1, 0.15) is 34.6 Å². The van der Waals surface area contributed by atoms with Crippen LogP contribution >= 0.6 is 0 Å². The number of nitrogens with zero attached hydrogens (tertiary/aromatic N) is 2. The summed E-state index contributed by atoms with van der Waals surface area (Å²) in [5.41, 5.74) is 9.18. The van der Waals surface area contributed by atoms with E-state index in [1.807, 2.05) is 66.8 Å². The van der Waals surface area contributed by atoms with E-state index in [2.05, 4.69) is 103 Å². The fourth-order valence-corrected chi connectivity index (χ4v) is 5.56. The quantitative estimate of drug-likeness (QED) is 0.0836. The van der Waals surface area contributed by atoms with E-state index in [4.69, 9.17) is 15.8 Å². The Morgan fingerprint density at radius 2 is 1.42 bits per heavy atom. The zero-order valence-electron chi connectivity index (χ0n) is 27.8. The van der Waals surface area contributed by atoms with Crippen LogP contribution < -0.4 is 0 Å². The van der Waals surface area contributed by atoms with Crippen molar-refractivity contribution in [2.75, 3.05) is 0 Å². The molecule has 1 unspecified atom stereocenters. The van der Waals surface area contributed by atoms with Gasteiger partial charge in [-0.25, -0.2) is 4.99 Å². The summed E-state index contributed by atoms with van der Waals surface area (Å²) in [6.45, 7) is 8.14. The number of benzene rings is 4. The average molecular weight is 647 g/mol. The average Bonchev–Trinajstić information content (AvgIpc) is 3.18. The minimum atomic E-state index is 0.0308. The van der Waals surface area contributed by atoms with Crippen LogP contribution in [0.5, 0.6) is 0 Å². The molecule has 0 aliphatic heterocycles. The number of hydrogen-bond donors (Lipinski definition) is 2. The lowest BCUT2D eigenvalue weighted by Gasteiger charge is -2.14. The van der Waals surface area contributed by atoms with Crippen molar-refractivity contribution in [1.29, 1.82) is 10.8 Å². The van der Waals surface area contributed by atoms with E-state index in [-0.39, 0.29) is 11.5 Å². The Morgan fingerprint density at radius 3 is 2.18 bits per heavy atom. The molecule has 0 radical (unpaired) electrons. The molecule has 4 heteroatoms. The van der Waals surface area contributed by atoms with Gasteiger partial charge in [-0.1, -0.05) is 159 Å². The number of aromatic nitrogens is 1. The Morgan fingerprint density at radius 1 is 0.700 bits per heavy atom. The standard InChI is InChI=1S/C46H38N4/c1-33(43(47)29-20-36-19-24-41-14-9-31-49-45(41)32-36)15-16-34(2)46(48)50-44(42-27-25-40(26-28-42)38-12-7-4-8-13-38)30-21-35-17-22-39(23-18-35)37-10-5-3-6-11-37/h3-12,14-32,38,47-48H,1-2,13H2/b16-15-,29-20-,30-21+,47-43?,48-46?,50-44?. The third kappa shape index (κ3) is 8.68. The number of hydrogen-bond acceptors (Lipinski definition) is 3.